The Bertz CT molecular complexity index is 1170. The lowest BCUT2D eigenvalue weighted by atomic mass is 10.0. The highest BCUT2D eigenvalue weighted by Crippen LogP contribution is 2.27. The summed E-state index contributed by atoms with van der Waals surface area (Å²) >= 11 is 0. The normalized spacial score (nSPS) is 16.1. The summed E-state index contributed by atoms with van der Waals surface area (Å²) in [7, 11) is 2.13. The van der Waals surface area contributed by atoms with Gasteiger partial charge in [0.2, 0.25) is 0 Å². The van der Waals surface area contributed by atoms with Gasteiger partial charge in [0, 0.05) is 30.5 Å². The number of nitrogens with zero attached hydrogens (tertiary/aromatic N) is 3. The fourth-order valence-electron chi connectivity index (χ4n) is 4.58. The number of hydrogen-bond acceptors (Lipinski definition) is 5. The summed E-state index contributed by atoms with van der Waals surface area (Å²) < 4.78 is 0. The van der Waals surface area contributed by atoms with Crippen molar-refractivity contribution < 1.29 is 0 Å². The van der Waals surface area contributed by atoms with E-state index >= 15 is 0 Å². The summed E-state index contributed by atoms with van der Waals surface area (Å²) in [5.74, 6) is 0.366. The van der Waals surface area contributed by atoms with Crippen molar-refractivity contribution in [2.24, 2.45) is 0 Å². The van der Waals surface area contributed by atoms with Crippen molar-refractivity contribution in [1.29, 1.82) is 0 Å². The van der Waals surface area contributed by atoms with Gasteiger partial charge in [-0.15, -0.1) is 0 Å². The molecule has 5 nitrogen and oxygen atoms in total. The lowest BCUT2D eigenvalue weighted by molar-refractivity contribution is 0.447. The van der Waals surface area contributed by atoms with Gasteiger partial charge in [-0.25, -0.2) is 9.97 Å². The van der Waals surface area contributed by atoms with Gasteiger partial charge in [-0.1, -0.05) is 87.7 Å². The van der Waals surface area contributed by atoms with Crippen molar-refractivity contribution in [3.8, 4) is 11.3 Å². The minimum atomic E-state index is 0.366. The molecule has 4 bridgehead atoms. The van der Waals surface area contributed by atoms with Crippen LogP contribution in [-0.4, -0.2) is 28.5 Å². The molecule has 35 heavy (non-hydrogen) atoms. The van der Waals surface area contributed by atoms with E-state index < -0.39 is 0 Å². The summed E-state index contributed by atoms with van der Waals surface area (Å²) in [4.78, 5) is 11.5. The Balaban J connectivity index is 1.62. The molecule has 5 rings (SSSR count). The number of para-hydroxylation sites is 1. The minimum absolute atomic E-state index is 0.366. The number of benzene rings is 2. The third-order valence-electron chi connectivity index (χ3n) is 6.80. The summed E-state index contributed by atoms with van der Waals surface area (Å²) in [6.45, 7) is 9.59. The molecule has 0 amide bonds. The smallest absolute Gasteiger partial charge is 0.151 e. The molecule has 2 aromatic carbocycles. The van der Waals surface area contributed by atoms with Crippen LogP contribution >= 0.6 is 0 Å². The van der Waals surface area contributed by atoms with Crippen molar-refractivity contribution >= 4 is 22.9 Å². The first-order valence-electron chi connectivity index (χ1n) is 12.7. The summed E-state index contributed by atoms with van der Waals surface area (Å²) in [6.07, 6.45) is 11.5. The number of nitrogen functional groups attached to an aromatic ring is 1. The molecule has 2 aliphatic rings. The zero-order valence-electron chi connectivity index (χ0n) is 20.9. The third kappa shape index (κ3) is 6.30. The Morgan fingerprint density at radius 1 is 0.857 bits per heavy atom. The molecule has 3 aromatic rings. The zero-order valence-corrected chi connectivity index (χ0v) is 20.9. The van der Waals surface area contributed by atoms with Crippen molar-refractivity contribution in [2.75, 3.05) is 24.6 Å². The topological polar surface area (TPSA) is 67.1 Å². The predicted molar refractivity (Wildman–Crippen MR) is 149 cm³/mol. The second kappa shape index (κ2) is 11.7. The van der Waals surface area contributed by atoms with Gasteiger partial charge in [0.1, 0.15) is 5.69 Å². The SMILES string of the molecule is C=C1Nc2ccccc2CCCCCCCCCN(C)C(=C)c2ccc(cc2)-c2cnc(N)c1n2. The van der Waals surface area contributed by atoms with Crippen LogP contribution in [0.15, 0.2) is 67.9 Å². The Hall–Kier alpha value is -3.60. The molecule has 1 aromatic heterocycles. The molecule has 2 aliphatic heterocycles. The lowest BCUT2D eigenvalue weighted by Gasteiger charge is -2.22. The van der Waals surface area contributed by atoms with E-state index in [4.69, 9.17) is 10.7 Å². The molecule has 0 unspecified atom stereocenters. The lowest BCUT2D eigenvalue weighted by Crippen LogP contribution is -2.17. The molecule has 182 valence electrons. The number of nitrogens with one attached hydrogen (secondary N) is 1. The largest absolute Gasteiger partial charge is 0.382 e. The molecular weight excluding hydrogens is 430 g/mol. The van der Waals surface area contributed by atoms with Gasteiger partial charge in [-0.05, 0) is 36.5 Å². The fraction of sp³-hybridized carbons (Fsp3) is 0.333. The molecule has 0 atom stereocenters. The van der Waals surface area contributed by atoms with Crippen LogP contribution in [0.1, 0.15) is 61.8 Å². The van der Waals surface area contributed by atoms with Crippen LogP contribution in [0.2, 0.25) is 0 Å². The van der Waals surface area contributed by atoms with Gasteiger partial charge in [0.05, 0.1) is 17.6 Å². The molecule has 5 heteroatoms. The number of nitrogens with two attached hydrogens (primary N) is 1. The number of rotatable bonds is 0. The molecule has 0 spiro atoms. The maximum Gasteiger partial charge on any atom is 0.151 e. The van der Waals surface area contributed by atoms with Gasteiger partial charge in [0.15, 0.2) is 5.82 Å². The highest BCUT2D eigenvalue weighted by Gasteiger charge is 2.13. The Morgan fingerprint density at radius 3 is 2.29 bits per heavy atom. The number of hydrogen-bond donors (Lipinski definition) is 2. The second-order valence-corrected chi connectivity index (χ2v) is 9.42. The maximum absolute atomic E-state index is 6.21. The molecular formula is C30H37N5. The van der Waals surface area contributed by atoms with E-state index in [0.717, 1.165) is 41.2 Å². The van der Waals surface area contributed by atoms with Gasteiger partial charge < -0.3 is 16.0 Å². The van der Waals surface area contributed by atoms with Crippen molar-refractivity contribution in [1.82, 2.24) is 14.9 Å². The van der Waals surface area contributed by atoms with Gasteiger partial charge >= 0.3 is 0 Å². The first-order valence-corrected chi connectivity index (χ1v) is 12.7. The maximum atomic E-state index is 6.21. The minimum Gasteiger partial charge on any atom is -0.382 e. The Kier molecular flexibility index (Phi) is 8.19. The van der Waals surface area contributed by atoms with E-state index in [1.54, 1.807) is 6.20 Å². The highest BCUT2D eigenvalue weighted by molar-refractivity contribution is 5.80. The Labute approximate surface area is 209 Å². The number of aryl methyl sites for hydroxylation is 1. The summed E-state index contributed by atoms with van der Waals surface area (Å²) in [5, 5.41) is 3.46. The van der Waals surface area contributed by atoms with Gasteiger partial charge in [-0.3, -0.25) is 0 Å². The molecule has 0 saturated carbocycles. The molecule has 0 fully saturated rings. The number of anilines is 2. The van der Waals surface area contributed by atoms with Crippen molar-refractivity contribution in [2.45, 2.75) is 51.4 Å². The number of fused-ring (bicyclic) bond motifs is 13. The van der Waals surface area contributed by atoms with E-state index in [1.165, 1.54) is 50.5 Å². The van der Waals surface area contributed by atoms with Crippen LogP contribution in [0, 0.1) is 0 Å². The van der Waals surface area contributed by atoms with Gasteiger partial charge in [0.25, 0.3) is 0 Å². The van der Waals surface area contributed by atoms with Crippen LogP contribution in [0.3, 0.4) is 0 Å². The predicted octanol–water partition coefficient (Wildman–Crippen LogP) is 7.00. The van der Waals surface area contributed by atoms with Gasteiger partial charge in [-0.2, -0.15) is 0 Å². The molecule has 0 aliphatic carbocycles. The van der Waals surface area contributed by atoms with E-state index in [1.807, 2.05) is 6.07 Å². The molecule has 3 N–H and O–H groups in total. The molecule has 0 radical (unpaired) electrons. The van der Waals surface area contributed by atoms with Crippen LogP contribution < -0.4 is 11.1 Å². The fourth-order valence-corrected chi connectivity index (χ4v) is 4.58. The first-order chi connectivity index (χ1) is 17.0. The summed E-state index contributed by atoms with van der Waals surface area (Å²) in [6, 6.07) is 16.7. The Morgan fingerprint density at radius 2 is 1.51 bits per heavy atom. The quantitative estimate of drug-likeness (QED) is 0.373. The van der Waals surface area contributed by atoms with Crippen LogP contribution in [-0.2, 0) is 6.42 Å². The third-order valence-corrected chi connectivity index (χ3v) is 6.80. The van der Waals surface area contributed by atoms with E-state index in [0.29, 0.717) is 17.2 Å². The van der Waals surface area contributed by atoms with Crippen molar-refractivity contribution in [3.05, 3.63) is 84.7 Å². The molecule has 0 saturated heterocycles. The van der Waals surface area contributed by atoms with Crippen molar-refractivity contribution in [3.63, 3.8) is 0 Å². The molecule has 3 heterocycles. The standard InChI is InChI=1S/C30H37N5/c1-22-29-30(31)32-21-28(34-29)26-18-16-24(17-19-26)23(2)35(3)20-12-8-6-4-5-7-9-13-25-14-10-11-15-27(25)33-22/h10-11,14-19,21,33H,1-2,4-9,12-13,20H2,3H3,(H2,31,32). The summed E-state index contributed by atoms with van der Waals surface area (Å²) in [5.41, 5.74) is 13.7. The second-order valence-electron chi connectivity index (χ2n) is 9.42. The van der Waals surface area contributed by atoms with Crippen LogP contribution in [0.25, 0.3) is 22.7 Å². The first kappa shape index (κ1) is 24.5. The van der Waals surface area contributed by atoms with Crippen LogP contribution in [0.4, 0.5) is 11.5 Å². The van der Waals surface area contributed by atoms with E-state index in [9.17, 15) is 0 Å². The van der Waals surface area contributed by atoms with Crippen LogP contribution in [0.5, 0.6) is 0 Å². The van der Waals surface area contributed by atoms with E-state index in [2.05, 4.69) is 77.9 Å². The zero-order chi connectivity index (χ0) is 24.6. The average molecular weight is 468 g/mol. The highest BCUT2D eigenvalue weighted by atomic mass is 15.1. The van der Waals surface area contributed by atoms with E-state index in [-0.39, 0.29) is 0 Å². The average Bonchev–Trinajstić information content (AvgIpc) is 2.88. The number of aromatic nitrogens is 2. The monoisotopic (exact) mass is 467 g/mol.